The second-order valence-corrected chi connectivity index (χ2v) is 7.68. The fourth-order valence-electron chi connectivity index (χ4n) is 3.95. The van der Waals surface area contributed by atoms with Gasteiger partial charge in [0.15, 0.2) is 5.78 Å². The summed E-state index contributed by atoms with van der Waals surface area (Å²) < 4.78 is 0. The van der Waals surface area contributed by atoms with Gasteiger partial charge in [-0.3, -0.25) is 19.4 Å². The molecule has 1 aromatic carbocycles. The van der Waals surface area contributed by atoms with Gasteiger partial charge < -0.3 is 5.32 Å². The Balaban J connectivity index is 1.91. The van der Waals surface area contributed by atoms with E-state index in [-0.39, 0.29) is 30.3 Å². The third-order valence-electron chi connectivity index (χ3n) is 5.17. The van der Waals surface area contributed by atoms with Crippen molar-refractivity contribution in [2.45, 2.75) is 39.5 Å². The van der Waals surface area contributed by atoms with Gasteiger partial charge >= 0.3 is 0 Å². The lowest BCUT2D eigenvalue weighted by Gasteiger charge is -2.17. The molecule has 6 heteroatoms. The quantitative estimate of drug-likeness (QED) is 0.777. The fraction of sp³-hybridized carbons (Fsp3) is 0.364. The number of carbonyl (C=O) groups excluding carboxylic acids is 3. The van der Waals surface area contributed by atoms with Gasteiger partial charge in [0.2, 0.25) is 5.91 Å². The van der Waals surface area contributed by atoms with Crippen molar-refractivity contribution in [3.63, 3.8) is 0 Å². The van der Waals surface area contributed by atoms with Crippen LogP contribution in [0, 0.1) is 19.8 Å². The predicted octanol–water partition coefficient (Wildman–Crippen LogP) is 3.79. The molecule has 3 rings (SSSR count). The molecule has 5 nitrogen and oxygen atoms in total. The lowest BCUT2D eigenvalue weighted by atomic mass is 9.85. The largest absolute Gasteiger partial charge is 0.356 e. The van der Waals surface area contributed by atoms with E-state index in [0.717, 1.165) is 27.9 Å². The number of halogens is 1. The Morgan fingerprint density at radius 1 is 1.21 bits per heavy atom. The summed E-state index contributed by atoms with van der Waals surface area (Å²) in [6.45, 7) is 6.14. The topological polar surface area (TPSA) is 76.1 Å². The number of nitrogens with one attached hydrogen (secondary N) is 1. The Hall–Kier alpha value is -2.53. The average Bonchev–Trinajstić information content (AvgIpc) is 2.89. The van der Waals surface area contributed by atoms with Crippen molar-refractivity contribution in [3.8, 4) is 11.3 Å². The molecule has 1 heterocycles. The van der Waals surface area contributed by atoms with Crippen LogP contribution in [0.25, 0.3) is 11.3 Å². The molecule has 1 aliphatic rings. The monoisotopic (exact) mass is 398 g/mol. The minimum atomic E-state index is -0.786. The third kappa shape index (κ3) is 3.99. The van der Waals surface area contributed by atoms with Gasteiger partial charge in [-0.2, -0.15) is 0 Å². The van der Waals surface area contributed by atoms with E-state index >= 15 is 0 Å². The molecule has 0 saturated heterocycles. The smallest absolute Gasteiger partial charge is 0.220 e. The summed E-state index contributed by atoms with van der Waals surface area (Å²) in [5.74, 6) is -1.78. The molecular weight excluding hydrogens is 376 g/mol. The van der Waals surface area contributed by atoms with Gasteiger partial charge in [0.1, 0.15) is 11.7 Å². The lowest BCUT2D eigenvalue weighted by Crippen LogP contribution is -2.27. The molecule has 2 atom stereocenters. The van der Waals surface area contributed by atoms with E-state index in [2.05, 4.69) is 10.3 Å². The van der Waals surface area contributed by atoms with Crippen molar-refractivity contribution in [1.29, 1.82) is 0 Å². The molecule has 1 fully saturated rings. The first-order valence-electron chi connectivity index (χ1n) is 9.38. The number of hydrogen-bond donors (Lipinski definition) is 1. The summed E-state index contributed by atoms with van der Waals surface area (Å²) in [5.41, 5.74) is 4.19. The molecule has 0 spiro atoms. The highest BCUT2D eigenvalue weighted by molar-refractivity contribution is 6.30. The maximum absolute atomic E-state index is 12.9. The van der Waals surface area contributed by atoms with Crippen molar-refractivity contribution in [2.24, 2.45) is 5.92 Å². The zero-order valence-corrected chi connectivity index (χ0v) is 17.0. The van der Waals surface area contributed by atoms with Gasteiger partial charge in [-0.1, -0.05) is 11.6 Å². The SMILES string of the molecule is CCNC(=O)CC1CC(=O)C(c2c(C)cc(-c3ccc(Cl)cn3)cc2C)C1=O. The van der Waals surface area contributed by atoms with Crippen molar-refractivity contribution in [2.75, 3.05) is 6.54 Å². The zero-order chi connectivity index (χ0) is 20.4. The first-order valence-corrected chi connectivity index (χ1v) is 9.75. The van der Waals surface area contributed by atoms with Gasteiger partial charge in [0.05, 0.1) is 10.7 Å². The van der Waals surface area contributed by atoms with E-state index in [9.17, 15) is 14.4 Å². The minimum absolute atomic E-state index is 0.0692. The van der Waals surface area contributed by atoms with Crippen LogP contribution < -0.4 is 5.32 Å². The summed E-state index contributed by atoms with van der Waals surface area (Å²) in [6.07, 6.45) is 1.78. The molecule has 1 aromatic heterocycles. The summed E-state index contributed by atoms with van der Waals surface area (Å²) in [7, 11) is 0. The van der Waals surface area contributed by atoms with Gasteiger partial charge in [0, 0.05) is 37.1 Å². The Kier molecular flexibility index (Phi) is 5.94. The summed E-state index contributed by atoms with van der Waals surface area (Å²) in [6, 6.07) is 7.50. The Labute approximate surface area is 169 Å². The van der Waals surface area contributed by atoms with Crippen LogP contribution in [0.4, 0.5) is 0 Å². The van der Waals surface area contributed by atoms with Crippen molar-refractivity contribution < 1.29 is 14.4 Å². The van der Waals surface area contributed by atoms with E-state index in [1.165, 1.54) is 0 Å². The molecule has 0 bridgehead atoms. The number of amides is 1. The summed E-state index contributed by atoms with van der Waals surface area (Å²) in [5, 5.41) is 3.26. The van der Waals surface area contributed by atoms with Gasteiger partial charge in [-0.15, -0.1) is 0 Å². The molecule has 1 N–H and O–H groups in total. The number of Topliss-reactive ketones (excluding diaryl/α,β-unsaturated/α-hetero) is 2. The fourth-order valence-corrected chi connectivity index (χ4v) is 4.06. The second-order valence-electron chi connectivity index (χ2n) is 7.25. The minimum Gasteiger partial charge on any atom is -0.356 e. The molecular formula is C22H23ClN2O3. The first kappa shape index (κ1) is 20.2. The number of aryl methyl sites for hydroxylation is 2. The molecule has 1 saturated carbocycles. The van der Waals surface area contributed by atoms with Gasteiger partial charge in [0.25, 0.3) is 0 Å². The Bertz CT molecular complexity index is 914. The van der Waals surface area contributed by atoms with E-state index in [4.69, 9.17) is 11.6 Å². The molecule has 0 radical (unpaired) electrons. The van der Waals surface area contributed by atoms with Crippen LogP contribution in [-0.2, 0) is 14.4 Å². The number of carbonyl (C=O) groups is 3. The number of benzene rings is 1. The summed E-state index contributed by atoms with van der Waals surface area (Å²) >= 11 is 5.91. The molecule has 1 amide bonds. The predicted molar refractivity (Wildman–Crippen MR) is 108 cm³/mol. The normalized spacial score (nSPS) is 19.1. The van der Waals surface area contributed by atoms with Gasteiger partial charge in [-0.25, -0.2) is 0 Å². The third-order valence-corrected chi connectivity index (χ3v) is 5.39. The number of pyridine rings is 1. The standard InChI is InChI=1S/C22H23ClN2O3/c1-4-24-19(27)10-15-9-18(26)21(22(15)28)20-12(2)7-14(8-13(20)3)17-6-5-16(23)11-25-17/h5-8,11,15,21H,4,9-10H2,1-3H3,(H,24,27). The highest BCUT2D eigenvalue weighted by atomic mass is 35.5. The number of hydrogen-bond acceptors (Lipinski definition) is 4. The molecule has 28 heavy (non-hydrogen) atoms. The molecule has 2 aromatic rings. The maximum Gasteiger partial charge on any atom is 0.220 e. The van der Waals surface area contributed by atoms with E-state index in [0.29, 0.717) is 11.6 Å². The van der Waals surface area contributed by atoms with Crippen LogP contribution in [0.3, 0.4) is 0 Å². The van der Waals surface area contributed by atoms with Crippen LogP contribution >= 0.6 is 11.6 Å². The highest BCUT2D eigenvalue weighted by Gasteiger charge is 2.43. The molecule has 0 aliphatic heterocycles. The Morgan fingerprint density at radius 3 is 2.46 bits per heavy atom. The molecule has 1 aliphatic carbocycles. The molecule has 2 unspecified atom stereocenters. The number of nitrogens with zero attached hydrogens (tertiary/aromatic N) is 1. The first-order chi connectivity index (χ1) is 13.3. The maximum atomic E-state index is 12.9. The Morgan fingerprint density at radius 2 is 1.89 bits per heavy atom. The average molecular weight is 399 g/mol. The lowest BCUT2D eigenvalue weighted by molar-refractivity contribution is -0.128. The van der Waals surface area contributed by atoms with Gasteiger partial charge in [-0.05, 0) is 61.7 Å². The zero-order valence-electron chi connectivity index (χ0n) is 16.2. The van der Waals surface area contributed by atoms with Crippen LogP contribution in [0.1, 0.15) is 42.4 Å². The van der Waals surface area contributed by atoms with Crippen LogP contribution in [0.15, 0.2) is 30.5 Å². The van der Waals surface area contributed by atoms with Crippen molar-refractivity contribution in [1.82, 2.24) is 10.3 Å². The van der Waals surface area contributed by atoms with E-state index in [1.807, 2.05) is 39.0 Å². The second kappa shape index (κ2) is 8.23. The van der Waals surface area contributed by atoms with Crippen LogP contribution in [0.5, 0.6) is 0 Å². The van der Waals surface area contributed by atoms with E-state index in [1.54, 1.807) is 12.3 Å². The van der Waals surface area contributed by atoms with Crippen LogP contribution in [0.2, 0.25) is 5.02 Å². The highest BCUT2D eigenvalue weighted by Crippen LogP contribution is 2.38. The summed E-state index contributed by atoms with van der Waals surface area (Å²) in [4.78, 5) is 41.8. The van der Waals surface area contributed by atoms with E-state index < -0.39 is 11.8 Å². The van der Waals surface area contributed by atoms with Crippen LogP contribution in [-0.4, -0.2) is 29.0 Å². The number of ketones is 2. The number of rotatable bonds is 5. The number of aromatic nitrogens is 1. The molecule has 146 valence electrons. The van der Waals surface area contributed by atoms with Crippen molar-refractivity contribution in [3.05, 3.63) is 52.2 Å². The van der Waals surface area contributed by atoms with Crippen molar-refractivity contribution >= 4 is 29.1 Å².